The highest BCUT2D eigenvalue weighted by Crippen LogP contribution is 2.22. The fourth-order valence-electron chi connectivity index (χ4n) is 3.90. The van der Waals surface area contributed by atoms with Gasteiger partial charge in [0.1, 0.15) is 23.0 Å². The Morgan fingerprint density at radius 1 is 0.357 bits per heavy atom. The zero-order valence-electron chi connectivity index (χ0n) is 23.6. The van der Waals surface area contributed by atoms with E-state index in [0.29, 0.717) is 11.1 Å². The fraction of sp³-hybridized carbons (Fsp3) is 0.0526. The first-order chi connectivity index (χ1) is 20.5. The van der Waals surface area contributed by atoms with Crippen LogP contribution in [0.4, 0.5) is 0 Å². The predicted molar refractivity (Wildman–Crippen MR) is 170 cm³/mol. The van der Waals surface area contributed by atoms with E-state index >= 15 is 0 Å². The Labute approximate surface area is 246 Å². The van der Waals surface area contributed by atoms with Crippen molar-refractivity contribution in [3.63, 3.8) is 0 Å². The van der Waals surface area contributed by atoms with Gasteiger partial charge in [-0.2, -0.15) is 0 Å². The molecule has 6 aromatic rings. The van der Waals surface area contributed by atoms with Crippen LogP contribution in [0, 0.1) is 0 Å². The van der Waals surface area contributed by atoms with Gasteiger partial charge in [0.15, 0.2) is 11.6 Å². The maximum atomic E-state index is 11.1. The molecule has 0 aliphatic heterocycles. The maximum absolute atomic E-state index is 11.1. The Hall–Kier alpha value is -5.48. The van der Waals surface area contributed by atoms with E-state index in [1.165, 1.54) is 10.8 Å². The van der Waals surface area contributed by atoms with Crippen molar-refractivity contribution in [3.8, 4) is 23.0 Å². The van der Waals surface area contributed by atoms with Crippen molar-refractivity contribution in [1.82, 2.24) is 0 Å². The van der Waals surface area contributed by atoms with Crippen molar-refractivity contribution >= 4 is 22.3 Å². The summed E-state index contributed by atoms with van der Waals surface area (Å²) in [4.78, 5) is 22.1. The van der Waals surface area contributed by atoms with Crippen LogP contribution in [0.1, 0.15) is 34.6 Å². The molecule has 0 aliphatic rings. The lowest BCUT2D eigenvalue weighted by Gasteiger charge is -2.05. The molecule has 42 heavy (non-hydrogen) atoms. The van der Waals surface area contributed by atoms with Crippen LogP contribution >= 0.6 is 0 Å². The van der Waals surface area contributed by atoms with Gasteiger partial charge >= 0.3 is 0 Å². The summed E-state index contributed by atoms with van der Waals surface area (Å²) >= 11 is 0. The number of ketones is 2. The molecule has 208 valence electrons. The number of para-hydroxylation sites is 2. The van der Waals surface area contributed by atoms with E-state index in [4.69, 9.17) is 9.47 Å². The zero-order chi connectivity index (χ0) is 29.6. The molecule has 0 amide bonds. The van der Waals surface area contributed by atoms with Crippen molar-refractivity contribution < 1.29 is 19.1 Å². The van der Waals surface area contributed by atoms with E-state index in [2.05, 4.69) is 48.5 Å². The van der Waals surface area contributed by atoms with Crippen LogP contribution in [0.5, 0.6) is 23.0 Å². The minimum atomic E-state index is 0.0614. The van der Waals surface area contributed by atoms with Gasteiger partial charge in [0.05, 0.1) is 0 Å². The third kappa shape index (κ3) is 9.32. The van der Waals surface area contributed by atoms with Crippen molar-refractivity contribution in [2.24, 2.45) is 0 Å². The molecule has 0 aromatic heterocycles. The fourth-order valence-corrected chi connectivity index (χ4v) is 3.90. The van der Waals surface area contributed by atoms with Gasteiger partial charge in [-0.1, -0.05) is 84.9 Å². The molecule has 0 saturated heterocycles. The van der Waals surface area contributed by atoms with E-state index in [1.54, 1.807) is 62.4 Å². The van der Waals surface area contributed by atoms with Crippen LogP contribution < -0.4 is 9.47 Å². The van der Waals surface area contributed by atoms with Crippen LogP contribution in [0.25, 0.3) is 10.8 Å². The third-order valence-corrected chi connectivity index (χ3v) is 6.14. The molecule has 6 rings (SSSR count). The Morgan fingerprint density at radius 2 is 0.619 bits per heavy atom. The van der Waals surface area contributed by atoms with Gasteiger partial charge in [-0.05, 0) is 97.4 Å². The van der Waals surface area contributed by atoms with Gasteiger partial charge in [0.2, 0.25) is 0 Å². The molecule has 4 nitrogen and oxygen atoms in total. The number of Topliss-reactive ketones (excluding diaryl/α,β-unsaturated/α-hetero) is 2. The first-order valence-corrected chi connectivity index (χ1v) is 13.6. The standard InChI is InChI=1S/2C14H12O2.C10H8/c2*1-11(15)12-7-9-14(10-8-12)16-13-5-3-2-4-6-13;1-2-6-10-8-4-3-7-9(10)5-1/h2*2-10H,1H3;1-8H. The van der Waals surface area contributed by atoms with Crippen molar-refractivity contribution in [1.29, 1.82) is 0 Å². The number of rotatable bonds is 6. The molecule has 4 heteroatoms. The molecule has 0 heterocycles. The molecule has 0 spiro atoms. The number of carbonyl (C=O) groups excluding carboxylic acids is 2. The Balaban J connectivity index is 0.000000149. The molecule has 0 atom stereocenters. The van der Waals surface area contributed by atoms with Gasteiger partial charge in [0.25, 0.3) is 0 Å². The summed E-state index contributed by atoms with van der Waals surface area (Å²) in [6, 6.07) is 50.0. The highest BCUT2D eigenvalue weighted by molar-refractivity contribution is 5.94. The van der Waals surface area contributed by atoms with E-state index in [9.17, 15) is 9.59 Å². The van der Waals surface area contributed by atoms with Crippen LogP contribution in [0.2, 0.25) is 0 Å². The van der Waals surface area contributed by atoms with Crippen LogP contribution in [-0.4, -0.2) is 11.6 Å². The normalized spacial score (nSPS) is 9.86. The summed E-state index contributed by atoms with van der Waals surface area (Å²) in [5.74, 6) is 3.17. The lowest BCUT2D eigenvalue weighted by molar-refractivity contribution is 0.100. The zero-order valence-corrected chi connectivity index (χ0v) is 23.6. The topological polar surface area (TPSA) is 52.6 Å². The number of ether oxygens (including phenoxy) is 2. The first-order valence-electron chi connectivity index (χ1n) is 13.6. The molecule has 6 aromatic carbocycles. The number of carbonyl (C=O) groups is 2. The largest absolute Gasteiger partial charge is 0.457 e. The minimum absolute atomic E-state index is 0.0614. The smallest absolute Gasteiger partial charge is 0.159 e. The molecule has 0 unspecified atom stereocenters. The van der Waals surface area contributed by atoms with E-state index in [-0.39, 0.29) is 11.6 Å². The molecular weight excluding hydrogens is 520 g/mol. The second-order valence-electron chi connectivity index (χ2n) is 9.34. The highest BCUT2D eigenvalue weighted by atomic mass is 16.5. The molecule has 0 bridgehead atoms. The summed E-state index contributed by atoms with van der Waals surface area (Å²) < 4.78 is 11.2. The van der Waals surface area contributed by atoms with Crippen molar-refractivity contribution in [3.05, 3.63) is 169 Å². The van der Waals surface area contributed by atoms with Crippen molar-refractivity contribution in [2.45, 2.75) is 13.8 Å². The molecule has 0 saturated carbocycles. The summed E-state index contributed by atoms with van der Waals surface area (Å²) in [5.41, 5.74) is 1.39. The SMILES string of the molecule is CC(=O)c1ccc(Oc2ccccc2)cc1.CC(=O)c1ccc(Oc2ccccc2)cc1.c1ccc2ccccc2c1. The Kier molecular flexibility index (Phi) is 10.8. The second kappa shape index (κ2) is 15.3. The molecular formula is C38H32O4. The van der Waals surface area contributed by atoms with Crippen LogP contribution in [0.3, 0.4) is 0 Å². The van der Waals surface area contributed by atoms with Gasteiger partial charge < -0.3 is 9.47 Å². The van der Waals surface area contributed by atoms with E-state index in [0.717, 1.165) is 23.0 Å². The second-order valence-corrected chi connectivity index (χ2v) is 9.34. The van der Waals surface area contributed by atoms with E-state index in [1.807, 2.05) is 60.7 Å². The van der Waals surface area contributed by atoms with Gasteiger partial charge in [-0.3, -0.25) is 9.59 Å². The van der Waals surface area contributed by atoms with Crippen LogP contribution in [0.15, 0.2) is 158 Å². The Bertz CT molecular complexity index is 1530. The van der Waals surface area contributed by atoms with E-state index < -0.39 is 0 Å². The summed E-state index contributed by atoms with van der Waals surface area (Å²) in [6.45, 7) is 3.10. The predicted octanol–water partition coefficient (Wildman–Crippen LogP) is 10.2. The minimum Gasteiger partial charge on any atom is -0.457 e. The lowest BCUT2D eigenvalue weighted by atomic mass is 10.1. The maximum Gasteiger partial charge on any atom is 0.159 e. The summed E-state index contributed by atoms with van der Waals surface area (Å²) in [5, 5.41) is 2.62. The molecule has 0 N–H and O–H groups in total. The number of benzene rings is 6. The average Bonchev–Trinajstić information content (AvgIpc) is 3.03. The molecule has 0 radical (unpaired) electrons. The first kappa shape index (κ1) is 29.5. The monoisotopic (exact) mass is 552 g/mol. The van der Waals surface area contributed by atoms with Gasteiger partial charge in [-0.25, -0.2) is 0 Å². The Morgan fingerprint density at radius 3 is 0.905 bits per heavy atom. The van der Waals surface area contributed by atoms with Gasteiger partial charge in [-0.15, -0.1) is 0 Å². The quantitative estimate of drug-likeness (QED) is 0.193. The molecule has 0 aliphatic carbocycles. The summed E-state index contributed by atoms with van der Waals surface area (Å²) in [7, 11) is 0. The number of fused-ring (bicyclic) bond motifs is 1. The van der Waals surface area contributed by atoms with Crippen LogP contribution in [-0.2, 0) is 0 Å². The third-order valence-electron chi connectivity index (χ3n) is 6.14. The summed E-state index contributed by atoms with van der Waals surface area (Å²) in [6.07, 6.45) is 0. The lowest BCUT2D eigenvalue weighted by Crippen LogP contribution is -1.91. The number of hydrogen-bond acceptors (Lipinski definition) is 4. The number of hydrogen-bond donors (Lipinski definition) is 0. The molecule has 0 fully saturated rings. The highest BCUT2D eigenvalue weighted by Gasteiger charge is 2.01. The van der Waals surface area contributed by atoms with Crippen molar-refractivity contribution in [2.75, 3.05) is 0 Å². The average molecular weight is 553 g/mol. The van der Waals surface area contributed by atoms with Gasteiger partial charge in [0, 0.05) is 11.1 Å².